The first-order valence-electron chi connectivity index (χ1n) is 33.2. The number of benzene rings is 6. The number of H-pyrrole nitrogens is 3. The SMILES string of the molecule is CCCS(=O)(=O)Nc1ccc(F)c(C(=O)Nc2cnc3[nH]cc(-c4ccc(C)cc4)c3c2)c1F.CCCS(=O)(=O)Nc1ccc(F)c(C(=O)Nc2cnc3[nH]cc(-c4cccc(N5CCOCC5)c4)c3c2)c1F.CCCS(=O)(=O)Nc1ccc(F)c(C(=O)Nc2cnc3[nH]cc(-c4ccccc4F)c3c2)c1F. The summed E-state index contributed by atoms with van der Waals surface area (Å²) in [7, 11) is -11.5. The van der Waals surface area contributed by atoms with E-state index in [1.54, 1.807) is 63.5 Å². The summed E-state index contributed by atoms with van der Waals surface area (Å²) in [6.07, 6.45) is 10.1. The molecule has 0 spiro atoms. The average molecular weight is 1530 g/mol. The van der Waals surface area contributed by atoms with Crippen LogP contribution in [0.5, 0.6) is 0 Å². The molecule has 1 saturated heterocycles. The van der Waals surface area contributed by atoms with Crippen molar-refractivity contribution < 1.29 is 75.1 Å². The van der Waals surface area contributed by atoms with Gasteiger partial charge in [0, 0.05) is 75.8 Å². The summed E-state index contributed by atoms with van der Waals surface area (Å²) >= 11 is 0. The summed E-state index contributed by atoms with van der Waals surface area (Å²) in [5, 5.41) is 9.19. The predicted octanol–water partition coefficient (Wildman–Crippen LogP) is 15.0. The minimum Gasteiger partial charge on any atom is -0.378 e. The van der Waals surface area contributed by atoms with Crippen LogP contribution in [0.2, 0.25) is 0 Å². The van der Waals surface area contributed by atoms with Crippen molar-refractivity contribution in [3.8, 4) is 33.4 Å². The Morgan fingerprint density at radius 2 is 0.822 bits per heavy atom. The molecule has 33 heteroatoms. The van der Waals surface area contributed by atoms with E-state index in [4.69, 9.17) is 4.74 Å². The van der Waals surface area contributed by atoms with Crippen LogP contribution in [0.25, 0.3) is 66.5 Å². The van der Waals surface area contributed by atoms with Crippen LogP contribution < -0.4 is 35.0 Å². The van der Waals surface area contributed by atoms with Crippen molar-refractivity contribution in [2.45, 2.75) is 47.0 Å². The van der Waals surface area contributed by atoms with Gasteiger partial charge >= 0.3 is 0 Å². The number of amides is 3. The van der Waals surface area contributed by atoms with E-state index in [9.17, 15) is 66.0 Å². The Balaban J connectivity index is 0.000000160. The van der Waals surface area contributed by atoms with Gasteiger partial charge in [-0.3, -0.25) is 28.5 Å². The highest BCUT2D eigenvalue weighted by Gasteiger charge is 2.28. The van der Waals surface area contributed by atoms with Crippen molar-refractivity contribution in [2.75, 3.05) is 78.6 Å². The Morgan fingerprint density at radius 1 is 0.439 bits per heavy atom. The number of aromatic amines is 3. The fraction of sp³-hybridized carbons (Fsp3) is 0.189. The largest absolute Gasteiger partial charge is 0.378 e. The van der Waals surface area contributed by atoms with Crippen LogP contribution in [-0.4, -0.2) is 116 Å². The highest BCUT2D eigenvalue weighted by atomic mass is 32.2. The summed E-state index contributed by atoms with van der Waals surface area (Å²) in [5.41, 5.74) is 4.33. The van der Waals surface area contributed by atoms with E-state index in [1.807, 2.05) is 60.3 Å². The van der Waals surface area contributed by atoms with Gasteiger partial charge in [0.1, 0.15) is 56.9 Å². The summed E-state index contributed by atoms with van der Waals surface area (Å²) < 4.78 is 186. The zero-order chi connectivity index (χ0) is 76.5. The molecule has 107 heavy (non-hydrogen) atoms. The molecule has 0 aliphatic carbocycles. The third-order valence-corrected chi connectivity index (χ3v) is 21.0. The quantitative estimate of drug-likeness (QED) is 0.0285. The molecule has 9 N–H and O–H groups in total. The number of nitrogens with zero attached hydrogens (tertiary/aromatic N) is 4. The zero-order valence-electron chi connectivity index (χ0n) is 57.4. The minimum absolute atomic E-state index is 0.102. The smallest absolute Gasteiger partial charge is 0.261 e. The van der Waals surface area contributed by atoms with Crippen LogP contribution in [0, 0.1) is 47.6 Å². The van der Waals surface area contributed by atoms with Gasteiger partial charge in [-0.25, -0.2) is 70.9 Å². The van der Waals surface area contributed by atoms with Gasteiger partial charge in [0.05, 0.1) is 83.2 Å². The van der Waals surface area contributed by atoms with Gasteiger partial charge in [-0.1, -0.05) is 80.9 Å². The number of nitrogens with one attached hydrogen (secondary N) is 9. The molecule has 13 rings (SSSR count). The molecule has 3 amide bonds. The predicted molar refractivity (Wildman–Crippen MR) is 398 cm³/mol. The number of fused-ring (bicyclic) bond motifs is 3. The van der Waals surface area contributed by atoms with E-state index in [-0.39, 0.29) is 40.7 Å². The lowest BCUT2D eigenvalue weighted by molar-refractivity contribution is 0.101. The maximum absolute atomic E-state index is 15.1. The fourth-order valence-electron chi connectivity index (χ4n) is 11.6. The molecular weight excluding hydrogens is 1460 g/mol. The average Bonchev–Trinajstić information content (AvgIpc) is 1.78. The first-order chi connectivity index (χ1) is 51.1. The second-order valence-corrected chi connectivity index (χ2v) is 30.0. The van der Waals surface area contributed by atoms with Crippen LogP contribution in [0.15, 0.2) is 165 Å². The molecule has 0 saturated carbocycles. The number of hydrogen-bond acceptors (Lipinski definition) is 14. The molecule has 0 unspecified atom stereocenters. The molecule has 1 aliphatic heterocycles. The molecule has 0 radical (unpaired) electrons. The molecule has 6 aromatic carbocycles. The Morgan fingerprint density at radius 3 is 1.22 bits per heavy atom. The normalized spacial score (nSPS) is 12.4. The summed E-state index contributed by atoms with van der Waals surface area (Å²) in [5.74, 6) is -11.9. The maximum Gasteiger partial charge on any atom is 0.261 e. The number of carbonyl (C=O) groups excluding carboxylic acids is 3. The lowest BCUT2D eigenvalue weighted by Crippen LogP contribution is -2.36. The topological polar surface area (TPSA) is 324 Å². The number of sulfonamides is 3. The molecule has 1 aliphatic rings. The van der Waals surface area contributed by atoms with Crippen molar-refractivity contribution in [2.24, 2.45) is 0 Å². The highest BCUT2D eigenvalue weighted by molar-refractivity contribution is 7.93. The van der Waals surface area contributed by atoms with E-state index in [1.165, 1.54) is 30.7 Å². The van der Waals surface area contributed by atoms with Crippen LogP contribution in [-0.2, 0) is 34.8 Å². The molecule has 6 aromatic heterocycles. The van der Waals surface area contributed by atoms with Gasteiger partial charge < -0.3 is 40.5 Å². The number of hydrogen-bond donors (Lipinski definition) is 9. The van der Waals surface area contributed by atoms with E-state index in [0.29, 0.717) is 70.3 Å². The van der Waals surface area contributed by atoms with E-state index in [2.05, 4.69) is 66.3 Å². The Bertz CT molecular complexity index is 5720. The fourth-order valence-corrected chi connectivity index (χ4v) is 15.0. The summed E-state index contributed by atoms with van der Waals surface area (Å²) in [6, 6.07) is 32.1. The maximum atomic E-state index is 15.1. The minimum atomic E-state index is -3.86. The van der Waals surface area contributed by atoms with Crippen LogP contribution in [0.3, 0.4) is 0 Å². The molecule has 12 aromatic rings. The number of carbonyl (C=O) groups is 3. The first-order valence-corrected chi connectivity index (χ1v) is 38.2. The van der Waals surface area contributed by atoms with Gasteiger partial charge in [0.2, 0.25) is 30.1 Å². The van der Waals surface area contributed by atoms with E-state index in [0.717, 1.165) is 83.0 Å². The lowest BCUT2D eigenvalue weighted by atomic mass is 10.0. The van der Waals surface area contributed by atoms with E-state index < -0.39 is 122 Å². The molecule has 556 valence electrons. The zero-order valence-corrected chi connectivity index (χ0v) is 59.9. The second-order valence-electron chi connectivity index (χ2n) is 24.4. The van der Waals surface area contributed by atoms with Crippen molar-refractivity contribution in [1.82, 2.24) is 29.9 Å². The van der Waals surface area contributed by atoms with Crippen molar-refractivity contribution in [3.05, 3.63) is 228 Å². The van der Waals surface area contributed by atoms with Crippen LogP contribution in [0.1, 0.15) is 76.7 Å². The van der Waals surface area contributed by atoms with Gasteiger partial charge in [-0.15, -0.1) is 0 Å². The molecule has 0 atom stereocenters. The number of aromatic nitrogens is 6. The number of halogens is 7. The molecule has 0 bridgehead atoms. The third kappa shape index (κ3) is 18.0. The van der Waals surface area contributed by atoms with Gasteiger partial charge in [0.25, 0.3) is 17.7 Å². The number of ether oxygens (including phenoxy) is 1. The van der Waals surface area contributed by atoms with E-state index >= 15 is 4.39 Å². The third-order valence-electron chi connectivity index (χ3n) is 16.6. The van der Waals surface area contributed by atoms with Gasteiger partial charge in [0.15, 0.2) is 17.5 Å². The highest BCUT2D eigenvalue weighted by Crippen LogP contribution is 2.36. The lowest BCUT2D eigenvalue weighted by Gasteiger charge is -2.29. The number of rotatable bonds is 22. The van der Waals surface area contributed by atoms with Crippen LogP contribution in [0.4, 0.5) is 70.5 Å². The Kier molecular flexibility index (Phi) is 23.4. The van der Waals surface area contributed by atoms with Crippen molar-refractivity contribution in [3.63, 3.8) is 0 Å². The van der Waals surface area contributed by atoms with Gasteiger partial charge in [-0.2, -0.15) is 0 Å². The first kappa shape index (κ1) is 76.4. The Labute approximate surface area is 609 Å². The summed E-state index contributed by atoms with van der Waals surface area (Å²) in [6.45, 7) is 9.84. The summed E-state index contributed by atoms with van der Waals surface area (Å²) in [4.78, 5) is 62.5. The number of pyridine rings is 3. The van der Waals surface area contributed by atoms with Crippen LogP contribution >= 0.6 is 0 Å². The number of aryl methyl sites for hydroxylation is 1. The molecular formula is C74H68F7N13O10S3. The molecule has 1 fully saturated rings. The monoisotopic (exact) mass is 1530 g/mol. The molecule has 23 nitrogen and oxygen atoms in total. The molecule has 7 heterocycles. The number of morpholine rings is 1. The van der Waals surface area contributed by atoms with Crippen molar-refractivity contribution in [1.29, 1.82) is 0 Å². The van der Waals surface area contributed by atoms with Crippen molar-refractivity contribution >= 4 is 121 Å². The standard InChI is InChI=1S/C27H27F2N5O4S.C24H22F2N4O3S.C23H19F3N4O3S/c1-2-12-39(36,37)33-23-7-6-22(28)24(25(23)29)27(35)32-18-14-20-21(16-31-26(20)30-15-18)17-4-3-5-19(13-17)34-8-10-38-11-9-34;1-3-10-34(32,33)30-20-9-8-19(25)21(22(20)26)24(31)29-16-11-17-18(13-28-23(17)27-12-16)15-6-4-14(2)5-7-15;1-2-9-34(32,33)30-19-8-7-18(25)20(21(19)26)23(31)29-13-10-15-16(12-28-22(15)27-11-13)14-5-3-4-6-17(14)24/h3-7,13-16,33H,2,8-12H2,1H3,(H,30,31)(H,32,35);4-9,11-13,30H,3,10H2,1-2H3,(H,27,28)(H,29,31);3-8,10-12,30H,2,9H2,1H3,(H,27,28)(H,29,31). The second kappa shape index (κ2) is 32.8. The number of anilines is 7. The Hall–Kier alpha value is -11.7. The van der Waals surface area contributed by atoms with Gasteiger partial charge in [-0.05, 0) is 110 Å².